The zero-order chi connectivity index (χ0) is 9.97. The van der Waals surface area contributed by atoms with E-state index in [9.17, 15) is 0 Å². The van der Waals surface area contributed by atoms with Crippen molar-refractivity contribution in [2.75, 3.05) is 13.1 Å². The van der Waals surface area contributed by atoms with E-state index in [2.05, 4.69) is 4.90 Å². The van der Waals surface area contributed by atoms with Gasteiger partial charge in [0.25, 0.3) is 0 Å². The molecule has 0 bridgehead atoms. The molecule has 0 aliphatic carbocycles. The first kappa shape index (κ1) is 9.71. The Morgan fingerprint density at radius 3 is 2.50 bits per heavy atom. The summed E-state index contributed by atoms with van der Waals surface area (Å²) in [7, 11) is -1.35. The van der Waals surface area contributed by atoms with Crippen molar-refractivity contribution in [1.82, 2.24) is 4.90 Å². The van der Waals surface area contributed by atoms with Crippen LogP contribution in [0.5, 0.6) is 0 Å². The van der Waals surface area contributed by atoms with Crippen molar-refractivity contribution in [2.45, 2.75) is 13.0 Å². The summed E-state index contributed by atoms with van der Waals surface area (Å²) in [6.45, 7) is 3.07. The largest absolute Gasteiger partial charge is 0.488 e. The van der Waals surface area contributed by atoms with Crippen molar-refractivity contribution in [3.8, 4) is 0 Å². The Bertz CT molecular complexity index is 313. The first-order valence-corrected chi connectivity index (χ1v) is 4.93. The maximum absolute atomic E-state index is 9.15. The van der Waals surface area contributed by atoms with Crippen LogP contribution < -0.4 is 5.46 Å². The van der Waals surface area contributed by atoms with E-state index in [-0.39, 0.29) is 0 Å². The van der Waals surface area contributed by atoms with Crippen molar-refractivity contribution in [2.24, 2.45) is 0 Å². The van der Waals surface area contributed by atoms with Gasteiger partial charge in [0.15, 0.2) is 0 Å². The molecular weight excluding hydrogens is 177 g/mol. The summed E-state index contributed by atoms with van der Waals surface area (Å²) >= 11 is 0. The second kappa shape index (κ2) is 4.13. The van der Waals surface area contributed by atoms with Gasteiger partial charge in [-0.1, -0.05) is 24.3 Å². The van der Waals surface area contributed by atoms with E-state index in [1.165, 1.54) is 6.42 Å². The first-order chi connectivity index (χ1) is 6.77. The molecule has 0 unspecified atom stereocenters. The molecule has 2 N–H and O–H groups in total. The van der Waals surface area contributed by atoms with Gasteiger partial charge in [-0.15, -0.1) is 0 Å². The third-order valence-electron chi connectivity index (χ3n) is 2.68. The van der Waals surface area contributed by atoms with E-state index in [0.717, 1.165) is 25.2 Å². The van der Waals surface area contributed by atoms with Crippen LogP contribution in [0.25, 0.3) is 0 Å². The molecular formula is C10H14BNO2. The molecule has 0 aromatic heterocycles. The van der Waals surface area contributed by atoms with E-state index in [4.69, 9.17) is 10.0 Å². The Labute approximate surface area is 84.1 Å². The summed E-state index contributed by atoms with van der Waals surface area (Å²) in [6.07, 6.45) is 1.25. The Balaban J connectivity index is 2.13. The Hall–Kier alpha value is -0.835. The molecule has 1 aromatic rings. The summed E-state index contributed by atoms with van der Waals surface area (Å²) in [5.74, 6) is 0. The maximum Gasteiger partial charge on any atom is 0.488 e. The van der Waals surface area contributed by atoms with E-state index >= 15 is 0 Å². The van der Waals surface area contributed by atoms with Crippen molar-refractivity contribution in [1.29, 1.82) is 0 Å². The standard InChI is InChI=1S/C10H14BNO2/c13-11(14)10-5-2-1-4-9(10)8-12-6-3-7-12/h1-2,4-5,13-14H,3,6-8H2. The molecule has 1 saturated heterocycles. The van der Waals surface area contributed by atoms with Gasteiger partial charge in [0.05, 0.1) is 0 Å². The fraction of sp³-hybridized carbons (Fsp3) is 0.400. The normalized spacial score (nSPS) is 16.4. The summed E-state index contributed by atoms with van der Waals surface area (Å²) in [6, 6.07) is 7.47. The first-order valence-electron chi connectivity index (χ1n) is 4.93. The Morgan fingerprint density at radius 1 is 1.21 bits per heavy atom. The predicted octanol–water partition coefficient (Wildman–Crippen LogP) is -0.428. The number of benzene rings is 1. The molecule has 1 heterocycles. The van der Waals surface area contributed by atoms with Crippen LogP contribution in [0.4, 0.5) is 0 Å². The van der Waals surface area contributed by atoms with Gasteiger partial charge in [0, 0.05) is 6.54 Å². The molecule has 3 nitrogen and oxygen atoms in total. The van der Waals surface area contributed by atoms with Gasteiger partial charge in [-0.3, -0.25) is 4.90 Å². The molecule has 1 aromatic carbocycles. The van der Waals surface area contributed by atoms with Crippen LogP contribution in [0.15, 0.2) is 24.3 Å². The highest BCUT2D eigenvalue weighted by atomic mass is 16.4. The second-order valence-corrected chi connectivity index (χ2v) is 3.70. The molecule has 4 heteroatoms. The van der Waals surface area contributed by atoms with E-state index in [1.54, 1.807) is 6.07 Å². The van der Waals surface area contributed by atoms with Crippen LogP contribution in [0, 0.1) is 0 Å². The summed E-state index contributed by atoms with van der Waals surface area (Å²) in [5.41, 5.74) is 1.64. The fourth-order valence-corrected chi connectivity index (χ4v) is 1.71. The van der Waals surface area contributed by atoms with Crippen LogP contribution in [0.2, 0.25) is 0 Å². The van der Waals surface area contributed by atoms with Gasteiger partial charge in [-0.25, -0.2) is 0 Å². The van der Waals surface area contributed by atoms with Crippen LogP contribution in [0.1, 0.15) is 12.0 Å². The molecule has 1 aliphatic rings. The molecule has 0 saturated carbocycles. The number of nitrogens with zero attached hydrogens (tertiary/aromatic N) is 1. The topological polar surface area (TPSA) is 43.7 Å². The van der Waals surface area contributed by atoms with Crippen LogP contribution in [-0.2, 0) is 6.54 Å². The number of rotatable bonds is 3. The average molecular weight is 191 g/mol. The number of hydrogen-bond acceptors (Lipinski definition) is 3. The van der Waals surface area contributed by atoms with Crippen molar-refractivity contribution < 1.29 is 10.0 Å². The number of likely N-dealkylation sites (tertiary alicyclic amines) is 1. The molecule has 0 amide bonds. The maximum atomic E-state index is 9.15. The number of hydrogen-bond donors (Lipinski definition) is 2. The van der Waals surface area contributed by atoms with Crippen LogP contribution >= 0.6 is 0 Å². The minimum atomic E-state index is -1.35. The minimum Gasteiger partial charge on any atom is -0.423 e. The van der Waals surface area contributed by atoms with E-state index in [0.29, 0.717) is 5.46 Å². The van der Waals surface area contributed by atoms with E-state index < -0.39 is 7.12 Å². The smallest absolute Gasteiger partial charge is 0.423 e. The summed E-state index contributed by atoms with van der Waals surface area (Å²) in [5, 5.41) is 18.3. The lowest BCUT2D eigenvalue weighted by Gasteiger charge is -2.31. The SMILES string of the molecule is OB(O)c1ccccc1CN1CCC1. The lowest BCUT2D eigenvalue weighted by molar-refractivity contribution is 0.173. The molecule has 0 atom stereocenters. The second-order valence-electron chi connectivity index (χ2n) is 3.70. The Kier molecular flexibility index (Phi) is 2.86. The van der Waals surface area contributed by atoms with Crippen molar-refractivity contribution in [3.63, 3.8) is 0 Å². The van der Waals surface area contributed by atoms with Gasteiger partial charge in [-0.2, -0.15) is 0 Å². The van der Waals surface area contributed by atoms with Gasteiger partial charge in [0.2, 0.25) is 0 Å². The average Bonchev–Trinajstić information content (AvgIpc) is 2.12. The van der Waals surface area contributed by atoms with Gasteiger partial charge in [-0.05, 0) is 30.5 Å². The minimum absolute atomic E-state index is 0.624. The van der Waals surface area contributed by atoms with Crippen LogP contribution in [-0.4, -0.2) is 35.2 Å². The zero-order valence-electron chi connectivity index (χ0n) is 8.06. The van der Waals surface area contributed by atoms with Gasteiger partial charge in [0.1, 0.15) is 0 Å². The molecule has 1 fully saturated rings. The Morgan fingerprint density at radius 2 is 1.93 bits per heavy atom. The monoisotopic (exact) mass is 191 g/mol. The molecule has 1 aliphatic heterocycles. The van der Waals surface area contributed by atoms with Crippen LogP contribution in [0.3, 0.4) is 0 Å². The third-order valence-corrected chi connectivity index (χ3v) is 2.68. The van der Waals surface area contributed by atoms with Crippen molar-refractivity contribution >= 4 is 12.6 Å². The molecule has 0 radical (unpaired) electrons. The fourth-order valence-electron chi connectivity index (χ4n) is 1.71. The zero-order valence-corrected chi connectivity index (χ0v) is 8.06. The predicted molar refractivity (Wildman–Crippen MR) is 56.2 cm³/mol. The summed E-state index contributed by atoms with van der Waals surface area (Å²) in [4.78, 5) is 2.29. The highest BCUT2D eigenvalue weighted by molar-refractivity contribution is 6.59. The lowest BCUT2D eigenvalue weighted by atomic mass is 9.77. The quantitative estimate of drug-likeness (QED) is 0.637. The lowest BCUT2D eigenvalue weighted by Crippen LogP contribution is -2.40. The van der Waals surface area contributed by atoms with Gasteiger partial charge >= 0.3 is 7.12 Å². The molecule has 74 valence electrons. The van der Waals surface area contributed by atoms with E-state index in [1.807, 2.05) is 18.2 Å². The van der Waals surface area contributed by atoms with Gasteiger partial charge < -0.3 is 10.0 Å². The molecule has 0 spiro atoms. The third kappa shape index (κ3) is 1.98. The van der Waals surface area contributed by atoms with Crippen molar-refractivity contribution in [3.05, 3.63) is 29.8 Å². The summed E-state index contributed by atoms with van der Waals surface area (Å²) < 4.78 is 0. The molecule has 2 rings (SSSR count). The highest BCUT2D eigenvalue weighted by Crippen LogP contribution is 2.10. The molecule has 14 heavy (non-hydrogen) atoms. The highest BCUT2D eigenvalue weighted by Gasteiger charge is 2.19.